The Labute approximate surface area is 107 Å². The average Bonchev–Trinajstić information content (AvgIpc) is 2.88. The van der Waals surface area contributed by atoms with Crippen LogP contribution in [0, 0.1) is 6.92 Å². The fourth-order valence-electron chi connectivity index (χ4n) is 2.13. The summed E-state index contributed by atoms with van der Waals surface area (Å²) >= 11 is 1.84. The quantitative estimate of drug-likeness (QED) is 0.787. The monoisotopic (exact) mass is 252 g/mol. The summed E-state index contributed by atoms with van der Waals surface area (Å²) in [5.74, 6) is 0.332. The molecule has 1 fully saturated rings. The molecule has 2 rings (SSSR count). The van der Waals surface area contributed by atoms with Crippen molar-refractivity contribution in [1.82, 2.24) is 10.2 Å². The summed E-state index contributed by atoms with van der Waals surface area (Å²) in [6.45, 7) is 5.94. The first-order chi connectivity index (χ1) is 8.25. The van der Waals surface area contributed by atoms with Crippen molar-refractivity contribution < 1.29 is 4.79 Å². The van der Waals surface area contributed by atoms with Crippen LogP contribution in [0.2, 0.25) is 0 Å². The Morgan fingerprint density at radius 2 is 2.35 bits per heavy atom. The molecule has 1 aromatic rings. The predicted molar refractivity (Wildman–Crippen MR) is 71.2 cm³/mol. The van der Waals surface area contributed by atoms with Crippen LogP contribution < -0.4 is 5.32 Å². The second-order valence-corrected chi connectivity index (χ2v) is 5.90. The number of nitrogens with zero attached hydrogens (tertiary/aromatic N) is 1. The molecule has 3 nitrogen and oxygen atoms in total. The standard InChI is InChI=1S/C13H20N2OS/c1-11-5-6-12(17-11)10-14-7-3-9-15-8-2-4-13(15)16/h5-6,14H,2-4,7-10H2,1H3. The zero-order chi connectivity index (χ0) is 12.1. The summed E-state index contributed by atoms with van der Waals surface area (Å²) in [4.78, 5) is 16.1. The van der Waals surface area contributed by atoms with Gasteiger partial charge in [-0.1, -0.05) is 0 Å². The Balaban J connectivity index is 1.56. The molecule has 1 amide bonds. The van der Waals surface area contributed by atoms with Crippen LogP contribution in [0.5, 0.6) is 0 Å². The number of aryl methyl sites for hydroxylation is 1. The molecule has 0 spiro atoms. The molecule has 4 heteroatoms. The lowest BCUT2D eigenvalue weighted by Gasteiger charge is -2.15. The Morgan fingerprint density at radius 3 is 3.00 bits per heavy atom. The minimum Gasteiger partial charge on any atom is -0.343 e. The number of amides is 1. The SMILES string of the molecule is Cc1ccc(CNCCCN2CCCC2=O)s1. The van der Waals surface area contributed by atoms with Gasteiger partial charge in [0.05, 0.1) is 0 Å². The number of nitrogens with one attached hydrogen (secondary N) is 1. The van der Waals surface area contributed by atoms with E-state index in [9.17, 15) is 4.79 Å². The van der Waals surface area contributed by atoms with Crippen molar-refractivity contribution in [3.63, 3.8) is 0 Å². The highest BCUT2D eigenvalue weighted by Gasteiger charge is 2.18. The maximum absolute atomic E-state index is 11.4. The highest BCUT2D eigenvalue weighted by Crippen LogP contribution is 2.14. The summed E-state index contributed by atoms with van der Waals surface area (Å²) in [7, 11) is 0. The van der Waals surface area contributed by atoms with E-state index in [1.807, 2.05) is 16.2 Å². The van der Waals surface area contributed by atoms with Gasteiger partial charge in [-0.3, -0.25) is 4.79 Å². The number of carbonyl (C=O) groups is 1. The summed E-state index contributed by atoms with van der Waals surface area (Å²) < 4.78 is 0. The van der Waals surface area contributed by atoms with Gasteiger partial charge in [0.1, 0.15) is 0 Å². The molecule has 0 saturated carbocycles. The zero-order valence-corrected chi connectivity index (χ0v) is 11.2. The number of rotatable bonds is 6. The smallest absolute Gasteiger partial charge is 0.222 e. The number of hydrogen-bond acceptors (Lipinski definition) is 3. The van der Waals surface area contributed by atoms with E-state index in [4.69, 9.17) is 0 Å². The van der Waals surface area contributed by atoms with E-state index in [1.165, 1.54) is 9.75 Å². The van der Waals surface area contributed by atoms with Gasteiger partial charge in [0.2, 0.25) is 5.91 Å². The maximum atomic E-state index is 11.4. The summed E-state index contributed by atoms with van der Waals surface area (Å²) in [6.07, 6.45) is 2.85. The van der Waals surface area contributed by atoms with Gasteiger partial charge in [0.15, 0.2) is 0 Å². The molecule has 0 unspecified atom stereocenters. The Morgan fingerprint density at radius 1 is 1.47 bits per heavy atom. The summed E-state index contributed by atoms with van der Waals surface area (Å²) in [6, 6.07) is 4.33. The van der Waals surface area contributed by atoms with Crippen LogP contribution >= 0.6 is 11.3 Å². The van der Waals surface area contributed by atoms with Gasteiger partial charge in [-0.15, -0.1) is 11.3 Å². The molecule has 1 N–H and O–H groups in total. The van der Waals surface area contributed by atoms with Gasteiger partial charge < -0.3 is 10.2 Å². The third kappa shape index (κ3) is 3.82. The van der Waals surface area contributed by atoms with E-state index in [-0.39, 0.29) is 0 Å². The lowest BCUT2D eigenvalue weighted by molar-refractivity contribution is -0.127. The average molecular weight is 252 g/mol. The lowest BCUT2D eigenvalue weighted by atomic mass is 10.3. The topological polar surface area (TPSA) is 32.3 Å². The molecule has 1 saturated heterocycles. The van der Waals surface area contributed by atoms with Gasteiger partial charge >= 0.3 is 0 Å². The second-order valence-electron chi connectivity index (χ2n) is 4.53. The molecule has 1 aliphatic heterocycles. The van der Waals surface area contributed by atoms with Crippen LogP contribution in [0.1, 0.15) is 29.0 Å². The van der Waals surface area contributed by atoms with E-state index >= 15 is 0 Å². The number of likely N-dealkylation sites (tertiary alicyclic amines) is 1. The minimum absolute atomic E-state index is 0.332. The first-order valence-electron chi connectivity index (χ1n) is 6.29. The maximum Gasteiger partial charge on any atom is 0.222 e. The van der Waals surface area contributed by atoms with E-state index in [2.05, 4.69) is 24.4 Å². The van der Waals surface area contributed by atoms with Crippen molar-refractivity contribution >= 4 is 17.2 Å². The van der Waals surface area contributed by atoms with Gasteiger partial charge in [-0.2, -0.15) is 0 Å². The van der Waals surface area contributed by atoms with Crippen LogP contribution in [-0.4, -0.2) is 30.4 Å². The summed E-state index contributed by atoms with van der Waals surface area (Å²) in [5, 5.41) is 3.43. The highest BCUT2D eigenvalue weighted by molar-refractivity contribution is 7.11. The normalized spacial score (nSPS) is 15.8. The fourth-order valence-corrected chi connectivity index (χ4v) is 2.99. The van der Waals surface area contributed by atoms with E-state index in [0.717, 1.165) is 45.4 Å². The lowest BCUT2D eigenvalue weighted by Crippen LogP contribution is -2.28. The molecule has 0 aliphatic carbocycles. The van der Waals surface area contributed by atoms with Gasteiger partial charge in [-0.05, 0) is 38.4 Å². The van der Waals surface area contributed by atoms with E-state index in [0.29, 0.717) is 5.91 Å². The third-order valence-electron chi connectivity index (χ3n) is 3.05. The van der Waals surface area contributed by atoms with Crippen LogP contribution in [0.15, 0.2) is 12.1 Å². The van der Waals surface area contributed by atoms with Crippen molar-refractivity contribution in [1.29, 1.82) is 0 Å². The number of hydrogen-bond donors (Lipinski definition) is 1. The predicted octanol–water partition coefficient (Wildman–Crippen LogP) is 2.16. The minimum atomic E-state index is 0.332. The van der Waals surface area contributed by atoms with Gasteiger partial charge in [-0.25, -0.2) is 0 Å². The first-order valence-corrected chi connectivity index (χ1v) is 7.11. The van der Waals surface area contributed by atoms with E-state index < -0.39 is 0 Å². The molecule has 2 heterocycles. The Hall–Kier alpha value is -0.870. The van der Waals surface area contributed by atoms with Gasteiger partial charge in [0, 0.05) is 35.8 Å². The van der Waals surface area contributed by atoms with Crippen LogP contribution in [0.25, 0.3) is 0 Å². The van der Waals surface area contributed by atoms with Crippen LogP contribution in [0.3, 0.4) is 0 Å². The molecular formula is C13H20N2OS. The van der Waals surface area contributed by atoms with Crippen LogP contribution in [-0.2, 0) is 11.3 Å². The van der Waals surface area contributed by atoms with Crippen LogP contribution in [0.4, 0.5) is 0 Å². The van der Waals surface area contributed by atoms with Crippen molar-refractivity contribution in [3.8, 4) is 0 Å². The number of thiophene rings is 1. The van der Waals surface area contributed by atoms with Crippen molar-refractivity contribution in [2.24, 2.45) is 0 Å². The molecule has 1 aromatic heterocycles. The molecule has 1 aliphatic rings. The molecule has 0 radical (unpaired) electrons. The van der Waals surface area contributed by atoms with Crippen molar-refractivity contribution in [2.75, 3.05) is 19.6 Å². The molecule has 17 heavy (non-hydrogen) atoms. The molecule has 0 atom stereocenters. The van der Waals surface area contributed by atoms with Crippen molar-refractivity contribution in [3.05, 3.63) is 21.9 Å². The first kappa shape index (κ1) is 12.6. The van der Waals surface area contributed by atoms with E-state index in [1.54, 1.807) is 0 Å². The third-order valence-corrected chi connectivity index (χ3v) is 4.05. The molecule has 0 bridgehead atoms. The fraction of sp³-hybridized carbons (Fsp3) is 0.615. The second kappa shape index (κ2) is 6.17. The largest absolute Gasteiger partial charge is 0.343 e. The Kier molecular flexibility index (Phi) is 4.57. The molecule has 94 valence electrons. The van der Waals surface area contributed by atoms with Gasteiger partial charge in [0.25, 0.3) is 0 Å². The van der Waals surface area contributed by atoms with Crippen molar-refractivity contribution in [2.45, 2.75) is 32.7 Å². The highest BCUT2D eigenvalue weighted by atomic mass is 32.1. The molecule has 0 aromatic carbocycles. The number of carbonyl (C=O) groups excluding carboxylic acids is 1. The molecular weight excluding hydrogens is 232 g/mol. The zero-order valence-electron chi connectivity index (χ0n) is 10.4. The Bertz CT molecular complexity index is 375. The summed E-state index contributed by atoms with van der Waals surface area (Å²) in [5.41, 5.74) is 0.